The number of carbonyl (C=O) groups is 2. The van der Waals surface area contributed by atoms with Crippen LogP contribution >= 0.6 is 23.4 Å². The predicted octanol–water partition coefficient (Wildman–Crippen LogP) is 1.63. The normalized spacial score (nSPS) is 11.9. The van der Waals surface area contributed by atoms with E-state index >= 15 is 0 Å². The molecule has 5 nitrogen and oxygen atoms in total. The first-order valence-corrected chi connectivity index (χ1v) is 7.08. The number of carboxylic acid groups (broad SMARTS) is 1. The standard InChI is InChI=1S/C12H14ClNO4S/c1-19-7-2-3-9(13)8(6-7)11(16)14-10(4-5-15)12(17)18/h2-3,6,10,15H,4-5H2,1H3,(H,14,16)(H,17,18)/t10-/m0/s1. The number of carbonyl (C=O) groups excluding carboxylic acids is 1. The molecule has 0 aliphatic rings. The van der Waals surface area contributed by atoms with E-state index in [9.17, 15) is 9.59 Å². The molecule has 0 spiro atoms. The Morgan fingerprint density at radius 3 is 2.68 bits per heavy atom. The van der Waals surface area contributed by atoms with Gasteiger partial charge in [-0.2, -0.15) is 0 Å². The van der Waals surface area contributed by atoms with E-state index in [1.54, 1.807) is 18.2 Å². The number of rotatable bonds is 6. The molecule has 0 radical (unpaired) electrons. The van der Waals surface area contributed by atoms with Crippen LogP contribution in [0.3, 0.4) is 0 Å². The summed E-state index contributed by atoms with van der Waals surface area (Å²) in [5.74, 6) is -1.76. The summed E-state index contributed by atoms with van der Waals surface area (Å²) >= 11 is 7.37. The van der Waals surface area contributed by atoms with Crippen molar-refractivity contribution in [1.82, 2.24) is 5.32 Å². The molecule has 0 aliphatic heterocycles. The molecular formula is C12H14ClNO4S. The number of hydrogen-bond donors (Lipinski definition) is 3. The van der Waals surface area contributed by atoms with E-state index in [2.05, 4.69) is 5.32 Å². The highest BCUT2D eigenvalue weighted by atomic mass is 35.5. The lowest BCUT2D eigenvalue weighted by Crippen LogP contribution is -2.41. The molecule has 0 bridgehead atoms. The van der Waals surface area contributed by atoms with Crippen molar-refractivity contribution < 1.29 is 19.8 Å². The van der Waals surface area contributed by atoms with Crippen molar-refractivity contribution in [2.24, 2.45) is 0 Å². The van der Waals surface area contributed by atoms with Crippen molar-refractivity contribution in [2.75, 3.05) is 12.9 Å². The lowest BCUT2D eigenvalue weighted by molar-refractivity contribution is -0.139. The summed E-state index contributed by atoms with van der Waals surface area (Å²) in [6, 6.07) is 3.82. The van der Waals surface area contributed by atoms with E-state index in [0.717, 1.165) is 4.90 Å². The number of aliphatic hydroxyl groups is 1. The second-order valence-electron chi connectivity index (χ2n) is 3.72. The summed E-state index contributed by atoms with van der Waals surface area (Å²) < 4.78 is 0. The molecule has 1 aromatic rings. The van der Waals surface area contributed by atoms with Gasteiger partial charge in [0.25, 0.3) is 5.91 Å². The van der Waals surface area contributed by atoms with Gasteiger partial charge in [-0.3, -0.25) is 4.79 Å². The highest BCUT2D eigenvalue weighted by Gasteiger charge is 2.21. The van der Waals surface area contributed by atoms with E-state index in [-0.39, 0.29) is 23.6 Å². The first-order chi connectivity index (χ1) is 8.99. The van der Waals surface area contributed by atoms with Crippen molar-refractivity contribution in [1.29, 1.82) is 0 Å². The fourth-order valence-electron chi connectivity index (χ4n) is 1.43. The molecule has 1 rings (SSSR count). The van der Waals surface area contributed by atoms with Gasteiger partial charge < -0.3 is 15.5 Å². The highest BCUT2D eigenvalue weighted by molar-refractivity contribution is 7.98. The quantitative estimate of drug-likeness (QED) is 0.695. The van der Waals surface area contributed by atoms with Crippen molar-refractivity contribution in [2.45, 2.75) is 17.4 Å². The number of hydrogen-bond acceptors (Lipinski definition) is 4. The van der Waals surface area contributed by atoms with Gasteiger partial charge >= 0.3 is 5.97 Å². The molecule has 1 aromatic carbocycles. The molecule has 0 aromatic heterocycles. The van der Waals surface area contributed by atoms with Crippen molar-refractivity contribution >= 4 is 35.2 Å². The van der Waals surface area contributed by atoms with E-state index in [1.807, 2.05) is 6.26 Å². The molecule has 0 heterocycles. The molecule has 19 heavy (non-hydrogen) atoms. The second kappa shape index (κ2) is 7.37. The lowest BCUT2D eigenvalue weighted by atomic mass is 10.1. The summed E-state index contributed by atoms with van der Waals surface area (Å²) in [6.07, 6.45) is 1.80. The number of halogens is 1. The number of amides is 1. The molecule has 3 N–H and O–H groups in total. The average molecular weight is 304 g/mol. The lowest BCUT2D eigenvalue weighted by Gasteiger charge is -2.14. The Hall–Kier alpha value is -1.24. The minimum absolute atomic E-state index is 0.0547. The molecule has 0 saturated carbocycles. The Morgan fingerprint density at radius 1 is 1.47 bits per heavy atom. The molecule has 0 fully saturated rings. The Balaban J connectivity index is 2.90. The maximum absolute atomic E-state index is 12.0. The summed E-state index contributed by atoms with van der Waals surface area (Å²) in [5.41, 5.74) is 0.220. The van der Waals surface area contributed by atoms with Gasteiger partial charge in [0, 0.05) is 17.9 Å². The third-order valence-electron chi connectivity index (χ3n) is 2.44. The van der Waals surface area contributed by atoms with Crippen LogP contribution in [0.4, 0.5) is 0 Å². The number of carboxylic acids is 1. The van der Waals surface area contributed by atoms with Gasteiger partial charge in [0.1, 0.15) is 6.04 Å². The second-order valence-corrected chi connectivity index (χ2v) is 5.01. The third-order valence-corrected chi connectivity index (χ3v) is 3.49. The number of aliphatic hydroxyl groups excluding tert-OH is 1. The van der Waals surface area contributed by atoms with Crippen LogP contribution in [-0.2, 0) is 4.79 Å². The Labute approximate surface area is 120 Å². The molecule has 1 amide bonds. The molecule has 0 saturated heterocycles. The average Bonchev–Trinajstić information content (AvgIpc) is 2.38. The zero-order chi connectivity index (χ0) is 14.4. The highest BCUT2D eigenvalue weighted by Crippen LogP contribution is 2.23. The van der Waals surface area contributed by atoms with Gasteiger partial charge in [0.2, 0.25) is 0 Å². The van der Waals surface area contributed by atoms with Crippen LogP contribution in [-0.4, -0.2) is 41.0 Å². The van der Waals surface area contributed by atoms with Crippen molar-refractivity contribution in [3.8, 4) is 0 Å². The number of benzene rings is 1. The topological polar surface area (TPSA) is 86.6 Å². The van der Waals surface area contributed by atoms with Crippen LogP contribution in [0, 0.1) is 0 Å². The molecule has 7 heteroatoms. The zero-order valence-electron chi connectivity index (χ0n) is 10.2. The SMILES string of the molecule is CSc1ccc(Cl)c(C(=O)N[C@@H](CCO)C(=O)O)c1. The van der Waals surface area contributed by atoms with Gasteiger partial charge in [-0.15, -0.1) is 11.8 Å². The molecule has 0 unspecified atom stereocenters. The van der Waals surface area contributed by atoms with E-state index in [4.69, 9.17) is 21.8 Å². The first kappa shape index (κ1) is 15.8. The molecule has 0 aliphatic carbocycles. The molecule has 1 atom stereocenters. The smallest absolute Gasteiger partial charge is 0.326 e. The maximum atomic E-state index is 12.0. The van der Waals surface area contributed by atoms with Gasteiger partial charge in [-0.1, -0.05) is 11.6 Å². The summed E-state index contributed by atoms with van der Waals surface area (Å²) in [6.45, 7) is -0.324. The van der Waals surface area contributed by atoms with Gasteiger partial charge in [0.05, 0.1) is 10.6 Å². The first-order valence-electron chi connectivity index (χ1n) is 5.47. The van der Waals surface area contributed by atoms with Gasteiger partial charge in [0.15, 0.2) is 0 Å². The number of thioether (sulfide) groups is 1. The Bertz CT molecular complexity index is 481. The fraction of sp³-hybridized carbons (Fsp3) is 0.333. The van der Waals surface area contributed by atoms with E-state index < -0.39 is 17.9 Å². The maximum Gasteiger partial charge on any atom is 0.326 e. The van der Waals surface area contributed by atoms with Crippen LogP contribution in [0.15, 0.2) is 23.1 Å². The Morgan fingerprint density at radius 2 is 2.16 bits per heavy atom. The van der Waals surface area contributed by atoms with Gasteiger partial charge in [-0.25, -0.2) is 4.79 Å². The summed E-state index contributed by atoms with van der Waals surface area (Å²) in [4.78, 5) is 23.7. The van der Waals surface area contributed by atoms with Crippen LogP contribution in [0.2, 0.25) is 5.02 Å². The van der Waals surface area contributed by atoms with Gasteiger partial charge in [-0.05, 0) is 24.5 Å². The molecule has 104 valence electrons. The predicted molar refractivity (Wildman–Crippen MR) is 73.8 cm³/mol. The number of nitrogens with one attached hydrogen (secondary N) is 1. The van der Waals surface area contributed by atoms with Crippen LogP contribution < -0.4 is 5.32 Å². The molecular weight excluding hydrogens is 290 g/mol. The van der Waals surface area contributed by atoms with E-state index in [1.165, 1.54) is 11.8 Å². The van der Waals surface area contributed by atoms with E-state index in [0.29, 0.717) is 0 Å². The van der Waals surface area contributed by atoms with Crippen LogP contribution in [0.1, 0.15) is 16.8 Å². The monoisotopic (exact) mass is 303 g/mol. The van der Waals surface area contributed by atoms with Crippen LogP contribution in [0.25, 0.3) is 0 Å². The third kappa shape index (κ3) is 4.41. The zero-order valence-corrected chi connectivity index (χ0v) is 11.8. The fourth-order valence-corrected chi connectivity index (χ4v) is 2.07. The van der Waals surface area contributed by atoms with Crippen molar-refractivity contribution in [3.05, 3.63) is 28.8 Å². The van der Waals surface area contributed by atoms with Crippen molar-refractivity contribution in [3.63, 3.8) is 0 Å². The van der Waals surface area contributed by atoms with Crippen LogP contribution in [0.5, 0.6) is 0 Å². The number of aliphatic carboxylic acids is 1. The minimum atomic E-state index is -1.19. The summed E-state index contributed by atoms with van der Waals surface area (Å²) in [7, 11) is 0. The summed E-state index contributed by atoms with van der Waals surface area (Å²) in [5, 5.41) is 20.3. The minimum Gasteiger partial charge on any atom is -0.480 e. The Kier molecular flexibility index (Phi) is 6.14. The largest absolute Gasteiger partial charge is 0.480 e.